The van der Waals surface area contributed by atoms with E-state index in [1.165, 1.54) is 11.3 Å². The number of hydrogen-bond donors (Lipinski definition) is 1. The van der Waals surface area contributed by atoms with Gasteiger partial charge in [-0.2, -0.15) is 11.3 Å². The van der Waals surface area contributed by atoms with Gasteiger partial charge in [-0.3, -0.25) is 9.59 Å². The van der Waals surface area contributed by atoms with Crippen LogP contribution >= 0.6 is 11.3 Å². The van der Waals surface area contributed by atoms with Gasteiger partial charge in [0, 0.05) is 11.8 Å². The summed E-state index contributed by atoms with van der Waals surface area (Å²) in [7, 11) is 0. The van der Waals surface area contributed by atoms with Crippen LogP contribution < -0.4 is 10.1 Å². The maximum atomic E-state index is 13.1. The topological polar surface area (TPSA) is 64.6 Å². The van der Waals surface area contributed by atoms with E-state index in [-0.39, 0.29) is 24.7 Å². The Balaban J connectivity index is 1.38. The van der Waals surface area contributed by atoms with Crippen LogP contribution in [-0.4, -0.2) is 24.3 Å². The van der Waals surface area contributed by atoms with Gasteiger partial charge in [0.15, 0.2) is 5.78 Å². The van der Waals surface area contributed by atoms with Gasteiger partial charge in [0.05, 0.1) is 18.8 Å². The van der Waals surface area contributed by atoms with Crippen molar-refractivity contribution in [3.63, 3.8) is 0 Å². The third-order valence-corrected chi connectivity index (χ3v) is 5.84. The van der Waals surface area contributed by atoms with Crippen molar-refractivity contribution in [2.75, 3.05) is 6.61 Å². The van der Waals surface area contributed by atoms with Crippen molar-refractivity contribution in [1.82, 2.24) is 5.32 Å². The Hall–Kier alpha value is -3.74. The summed E-state index contributed by atoms with van der Waals surface area (Å²) < 4.78 is 11.6. The van der Waals surface area contributed by atoms with Gasteiger partial charge < -0.3 is 14.8 Å². The van der Waals surface area contributed by atoms with Gasteiger partial charge >= 0.3 is 0 Å². The molecule has 5 nitrogen and oxygen atoms in total. The Labute approximate surface area is 203 Å². The largest absolute Gasteiger partial charge is 0.457 e. The fourth-order valence-electron chi connectivity index (χ4n) is 3.34. The summed E-state index contributed by atoms with van der Waals surface area (Å²) in [4.78, 5) is 25.7. The predicted octanol–water partition coefficient (Wildman–Crippen LogP) is 5.67. The van der Waals surface area contributed by atoms with Crippen molar-refractivity contribution in [2.24, 2.45) is 0 Å². The van der Waals surface area contributed by atoms with Crippen LogP contribution in [0.2, 0.25) is 0 Å². The first-order chi connectivity index (χ1) is 16.7. The van der Waals surface area contributed by atoms with Crippen molar-refractivity contribution in [1.29, 1.82) is 0 Å². The molecule has 4 rings (SSSR count). The van der Waals surface area contributed by atoms with Gasteiger partial charge in [-0.05, 0) is 46.8 Å². The first kappa shape index (κ1) is 23.4. The summed E-state index contributed by atoms with van der Waals surface area (Å²) >= 11 is 1.43. The van der Waals surface area contributed by atoms with E-state index in [4.69, 9.17) is 9.47 Å². The normalized spacial score (nSPS) is 11.5. The molecule has 1 amide bonds. The van der Waals surface area contributed by atoms with E-state index >= 15 is 0 Å². The van der Waals surface area contributed by atoms with Crippen LogP contribution in [0.5, 0.6) is 11.5 Å². The second-order valence-corrected chi connectivity index (χ2v) is 8.52. The molecule has 6 heteroatoms. The summed E-state index contributed by atoms with van der Waals surface area (Å²) in [6.45, 7) is 0.462. The molecule has 172 valence electrons. The van der Waals surface area contributed by atoms with Crippen LogP contribution in [0.15, 0.2) is 102 Å². The van der Waals surface area contributed by atoms with Crippen LogP contribution in [0.4, 0.5) is 0 Å². The van der Waals surface area contributed by atoms with Gasteiger partial charge in [-0.25, -0.2) is 0 Å². The van der Waals surface area contributed by atoms with E-state index in [9.17, 15) is 9.59 Å². The molecule has 0 bridgehead atoms. The van der Waals surface area contributed by atoms with E-state index in [0.717, 1.165) is 16.9 Å². The molecule has 0 saturated carbocycles. The van der Waals surface area contributed by atoms with E-state index in [1.54, 1.807) is 11.4 Å². The maximum Gasteiger partial charge on any atom is 0.252 e. The second-order valence-electron chi connectivity index (χ2n) is 7.74. The van der Waals surface area contributed by atoms with Crippen LogP contribution in [0, 0.1) is 0 Å². The fourth-order valence-corrected chi connectivity index (χ4v) is 3.98. The van der Waals surface area contributed by atoms with Gasteiger partial charge in [-0.15, -0.1) is 0 Å². The number of benzene rings is 3. The summed E-state index contributed by atoms with van der Waals surface area (Å²) in [6.07, 6.45) is 0.175. The maximum absolute atomic E-state index is 13.1. The zero-order valence-corrected chi connectivity index (χ0v) is 19.4. The van der Waals surface area contributed by atoms with Crippen LogP contribution in [0.25, 0.3) is 0 Å². The molecule has 1 heterocycles. The number of ketones is 1. The van der Waals surface area contributed by atoms with E-state index in [1.807, 2.05) is 90.3 Å². The van der Waals surface area contributed by atoms with Crippen molar-refractivity contribution in [3.8, 4) is 11.5 Å². The molecule has 0 fully saturated rings. The van der Waals surface area contributed by atoms with Crippen molar-refractivity contribution < 1.29 is 19.1 Å². The monoisotopic (exact) mass is 471 g/mol. The molecular weight excluding hydrogens is 446 g/mol. The number of rotatable bonds is 11. The summed E-state index contributed by atoms with van der Waals surface area (Å²) in [5.74, 6) is 1.04. The molecule has 0 aliphatic rings. The fraction of sp³-hybridized carbons (Fsp3) is 0.143. The molecule has 1 aromatic heterocycles. The number of nitrogens with one attached hydrogen (secondary N) is 1. The van der Waals surface area contributed by atoms with E-state index in [0.29, 0.717) is 17.9 Å². The third kappa shape index (κ3) is 6.88. The zero-order valence-electron chi connectivity index (χ0n) is 18.6. The predicted molar refractivity (Wildman–Crippen MR) is 133 cm³/mol. The Morgan fingerprint density at radius 2 is 1.47 bits per heavy atom. The average molecular weight is 472 g/mol. The molecule has 1 N–H and O–H groups in total. The summed E-state index contributed by atoms with van der Waals surface area (Å²) in [5, 5.41) is 6.43. The lowest BCUT2D eigenvalue weighted by atomic mass is 10.0. The van der Waals surface area contributed by atoms with Gasteiger partial charge in [-0.1, -0.05) is 60.7 Å². The Bertz CT molecular complexity index is 1180. The second kappa shape index (κ2) is 11.9. The number of para-hydroxylation sites is 1. The van der Waals surface area contributed by atoms with Crippen LogP contribution in [-0.2, 0) is 22.6 Å². The highest BCUT2D eigenvalue weighted by molar-refractivity contribution is 7.08. The van der Waals surface area contributed by atoms with Gasteiger partial charge in [0.2, 0.25) is 0 Å². The van der Waals surface area contributed by atoms with Gasteiger partial charge in [0.1, 0.15) is 17.5 Å². The molecule has 4 aromatic rings. The number of carbonyl (C=O) groups excluding carboxylic acids is 2. The van der Waals surface area contributed by atoms with Crippen molar-refractivity contribution in [2.45, 2.75) is 19.1 Å². The SMILES string of the molecule is O=C(NC(COCc1ccccc1)C(=O)Cc1ccc(Oc2ccccc2)cc1)c1ccsc1. The first-order valence-corrected chi connectivity index (χ1v) is 11.9. The number of carbonyl (C=O) groups is 2. The lowest BCUT2D eigenvalue weighted by Gasteiger charge is -2.18. The molecule has 0 saturated heterocycles. The molecule has 3 aromatic carbocycles. The van der Waals surface area contributed by atoms with E-state index < -0.39 is 6.04 Å². The van der Waals surface area contributed by atoms with E-state index in [2.05, 4.69) is 5.32 Å². The van der Waals surface area contributed by atoms with Gasteiger partial charge in [0.25, 0.3) is 5.91 Å². The average Bonchev–Trinajstić information content (AvgIpc) is 3.41. The molecule has 0 spiro atoms. The lowest BCUT2D eigenvalue weighted by Crippen LogP contribution is -2.44. The molecule has 0 radical (unpaired) electrons. The Kier molecular flexibility index (Phi) is 8.22. The zero-order chi connectivity index (χ0) is 23.6. The first-order valence-electron chi connectivity index (χ1n) is 11.0. The van der Waals surface area contributed by atoms with Crippen LogP contribution in [0.3, 0.4) is 0 Å². The Morgan fingerprint density at radius 1 is 0.794 bits per heavy atom. The summed E-state index contributed by atoms with van der Waals surface area (Å²) in [6, 6.07) is 27.6. The molecule has 0 aliphatic carbocycles. The molecule has 34 heavy (non-hydrogen) atoms. The highest BCUT2D eigenvalue weighted by atomic mass is 32.1. The highest BCUT2D eigenvalue weighted by Gasteiger charge is 2.22. The minimum atomic E-state index is -0.753. The van der Waals surface area contributed by atoms with Crippen molar-refractivity contribution >= 4 is 23.0 Å². The van der Waals surface area contributed by atoms with Crippen molar-refractivity contribution in [3.05, 3.63) is 118 Å². The number of ether oxygens (including phenoxy) is 2. The highest BCUT2D eigenvalue weighted by Crippen LogP contribution is 2.21. The quantitative estimate of drug-likeness (QED) is 0.306. The molecule has 1 atom stereocenters. The number of Topliss-reactive ketones (excluding diaryl/α,β-unsaturated/α-hetero) is 1. The summed E-state index contributed by atoms with van der Waals surface area (Å²) in [5.41, 5.74) is 2.38. The smallest absolute Gasteiger partial charge is 0.252 e. The number of amides is 1. The minimum absolute atomic E-state index is 0.0960. The minimum Gasteiger partial charge on any atom is -0.457 e. The standard InChI is InChI=1S/C28H25NO4S/c30-27(17-21-11-13-25(14-12-21)33-24-9-5-2-6-10-24)26(29-28(31)23-15-16-34-20-23)19-32-18-22-7-3-1-4-8-22/h1-16,20,26H,17-19H2,(H,29,31). The Morgan fingerprint density at radius 3 is 2.15 bits per heavy atom. The van der Waals surface area contributed by atoms with Crippen LogP contribution in [0.1, 0.15) is 21.5 Å². The molecular formula is C28H25NO4S. The number of hydrogen-bond acceptors (Lipinski definition) is 5. The molecule has 1 unspecified atom stereocenters. The molecule has 0 aliphatic heterocycles. The lowest BCUT2D eigenvalue weighted by molar-refractivity contribution is -0.121. The third-order valence-electron chi connectivity index (χ3n) is 5.15. The number of thiophene rings is 1.